The van der Waals surface area contributed by atoms with E-state index in [-0.39, 0.29) is 13.2 Å². The summed E-state index contributed by atoms with van der Waals surface area (Å²) in [5.74, 6) is 0.770. The molecule has 2 aliphatic heterocycles. The number of amides is 1. The first-order chi connectivity index (χ1) is 13.1. The molecular weight excluding hydrogens is 346 g/mol. The molecule has 0 radical (unpaired) electrons. The summed E-state index contributed by atoms with van der Waals surface area (Å²) in [6, 6.07) is 8.22. The van der Waals surface area contributed by atoms with Crippen molar-refractivity contribution in [1.29, 1.82) is 0 Å². The van der Waals surface area contributed by atoms with Crippen LogP contribution in [0, 0.1) is 0 Å². The van der Waals surface area contributed by atoms with Gasteiger partial charge < -0.3 is 24.8 Å². The fourth-order valence-electron chi connectivity index (χ4n) is 4.17. The first-order valence-electron chi connectivity index (χ1n) is 9.22. The van der Waals surface area contributed by atoms with Gasteiger partial charge in [0.1, 0.15) is 5.82 Å². The van der Waals surface area contributed by atoms with Crippen LogP contribution in [0.15, 0.2) is 29.8 Å². The fourth-order valence-corrected chi connectivity index (χ4v) is 4.17. The Labute approximate surface area is 157 Å². The predicted octanol–water partition coefficient (Wildman–Crippen LogP) is 2.00. The first kappa shape index (κ1) is 17.8. The second-order valence-corrected chi connectivity index (χ2v) is 6.95. The fraction of sp³-hybridized carbons (Fsp3) is 0.400. The monoisotopic (exact) mass is 369 g/mol. The highest BCUT2D eigenvalue weighted by Crippen LogP contribution is 2.37. The Kier molecular flexibility index (Phi) is 4.72. The topological polar surface area (TPSA) is 98.8 Å². The Morgan fingerprint density at radius 3 is 2.44 bits per heavy atom. The molecule has 0 spiro atoms. The lowest BCUT2D eigenvalue weighted by molar-refractivity contribution is 0.141. The van der Waals surface area contributed by atoms with Gasteiger partial charge in [0.25, 0.3) is 0 Å². The average molecular weight is 369 g/mol. The van der Waals surface area contributed by atoms with Gasteiger partial charge in [0, 0.05) is 25.2 Å². The van der Waals surface area contributed by atoms with Gasteiger partial charge in [-0.05, 0) is 30.4 Å². The molecule has 7 nitrogen and oxygen atoms in total. The van der Waals surface area contributed by atoms with Crippen molar-refractivity contribution in [3.8, 4) is 0 Å². The zero-order valence-electron chi connectivity index (χ0n) is 15.1. The molecule has 1 aromatic carbocycles. The van der Waals surface area contributed by atoms with E-state index < -0.39 is 6.09 Å². The summed E-state index contributed by atoms with van der Waals surface area (Å²) < 4.78 is 2.01. The Balaban J connectivity index is 1.88. The second kappa shape index (κ2) is 7.17. The molecule has 142 valence electrons. The normalized spacial score (nSPS) is 16.7. The van der Waals surface area contributed by atoms with E-state index in [0.29, 0.717) is 43.9 Å². The number of likely N-dealkylation sites (tertiary alicyclic amines) is 1. The van der Waals surface area contributed by atoms with E-state index in [1.807, 2.05) is 16.7 Å². The van der Waals surface area contributed by atoms with E-state index in [1.54, 1.807) is 0 Å². The molecule has 0 saturated carbocycles. The largest absolute Gasteiger partial charge is 0.465 e. The molecule has 1 aromatic heterocycles. The van der Waals surface area contributed by atoms with E-state index in [1.165, 1.54) is 16.0 Å². The first-order valence-corrected chi connectivity index (χ1v) is 9.22. The van der Waals surface area contributed by atoms with E-state index in [2.05, 4.69) is 17.1 Å². The van der Waals surface area contributed by atoms with Crippen LogP contribution >= 0.6 is 0 Å². The number of nitrogens with zero attached hydrogens (tertiary/aromatic N) is 3. The van der Waals surface area contributed by atoms with E-state index in [4.69, 9.17) is 0 Å². The van der Waals surface area contributed by atoms with Gasteiger partial charge in [-0.2, -0.15) is 0 Å². The quantitative estimate of drug-likeness (QED) is 0.752. The lowest BCUT2D eigenvalue weighted by Crippen LogP contribution is -2.35. The van der Waals surface area contributed by atoms with Crippen molar-refractivity contribution in [3.63, 3.8) is 0 Å². The van der Waals surface area contributed by atoms with Crippen molar-refractivity contribution in [2.24, 2.45) is 0 Å². The zero-order chi connectivity index (χ0) is 19.0. The van der Waals surface area contributed by atoms with Gasteiger partial charge in [-0.15, -0.1) is 0 Å². The zero-order valence-corrected chi connectivity index (χ0v) is 15.1. The SMILES string of the molecule is O=C(O)N1CCC(=C2c3ccccc3CCn3c2nc(CO)c3CO)CC1. The smallest absolute Gasteiger partial charge is 0.407 e. The highest BCUT2D eigenvalue weighted by molar-refractivity contribution is 5.82. The minimum Gasteiger partial charge on any atom is -0.465 e. The number of carboxylic acid groups (broad SMARTS) is 1. The number of imidazole rings is 1. The minimum atomic E-state index is -0.882. The molecule has 7 heteroatoms. The van der Waals surface area contributed by atoms with Gasteiger partial charge in [0.05, 0.1) is 24.6 Å². The minimum absolute atomic E-state index is 0.172. The number of aryl methyl sites for hydroxylation is 1. The lowest BCUT2D eigenvalue weighted by Gasteiger charge is -2.28. The molecule has 3 N–H and O–H groups in total. The Bertz CT molecular complexity index is 906. The van der Waals surface area contributed by atoms with Gasteiger partial charge in [0.2, 0.25) is 0 Å². The molecule has 0 unspecified atom stereocenters. The Morgan fingerprint density at radius 1 is 1.04 bits per heavy atom. The van der Waals surface area contributed by atoms with Crippen molar-refractivity contribution in [3.05, 3.63) is 58.2 Å². The second-order valence-electron chi connectivity index (χ2n) is 6.95. The van der Waals surface area contributed by atoms with Crippen molar-refractivity contribution in [1.82, 2.24) is 14.5 Å². The van der Waals surface area contributed by atoms with Gasteiger partial charge in [-0.25, -0.2) is 9.78 Å². The van der Waals surface area contributed by atoms with Crippen LogP contribution in [-0.2, 0) is 26.2 Å². The Morgan fingerprint density at radius 2 is 1.78 bits per heavy atom. The summed E-state index contributed by atoms with van der Waals surface area (Å²) in [5.41, 5.74) is 5.72. The van der Waals surface area contributed by atoms with Crippen LogP contribution in [0.1, 0.15) is 41.2 Å². The highest BCUT2D eigenvalue weighted by atomic mass is 16.4. The summed E-state index contributed by atoms with van der Waals surface area (Å²) in [6.07, 6.45) is 1.25. The molecule has 0 atom stereocenters. The van der Waals surface area contributed by atoms with Crippen molar-refractivity contribution < 1.29 is 20.1 Å². The number of carbonyl (C=O) groups is 1. The number of rotatable bonds is 2. The molecule has 1 amide bonds. The van der Waals surface area contributed by atoms with Gasteiger partial charge >= 0.3 is 6.09 Å². The van der Waals surface area contributed by atoms with Crippen molar-refractivity contribution in [2.75, 3.05) is 13.1 Å². The summed E-state index contributed by atoms with van der Waals surface area (Å²) in [4.78, 5) is 17.4. The summed E-state index contributed by atoms with van der Waals surface area (Å²) >= 11 is 0. The average Bonchev–Trinajstić information content (AvgIpc) is 2.96. The number of aromatic nitrogens is 2. The molecule has 0 aliphatic carbocycles. The molecule has 1 saturated heterocycles. The highest BCUT2D eigenvalue weighted by Gasteiger charge is 2.28. The maximum Gasteiger partial charge on any atom is 0.407 e. The molecule has 3 heterocycles. The van der Waals surface area contributed by atoms with Crippen LogP contribution in [-0.4, -0.2) is 49.0 Å². The predicted molar refractivity (Wildman–Crippen MR) is 99.1 cm³/mol. The third kappa shape index (κ3) is 3.02. The van der Waals surface area contributed by atoms with Gasteiger partial charge in [-0.3, -0.25) is 0 Å². The number of hydrogen-bond donors (Lipinski definition) is 3. The molecule has 0 bridgehead atoms. The summed E-state index contributed by atoms with van der Waals surface area (Å²) in [7, 11) is 0. The van der Waals surface area contributed by atoms with Crippen LogP contribution in [0.25, 0.3) is 5.57 Å². The lowest BCUT2D eigenvalue weighted by atomic mass is 9.90. The van der Waals surface area contributed by atoms with Crippen LogP contribution < -0.4 is 0 Å². The van der Waals surface area contributed by atoms with Crippen LogP contribution in [0.5, 0.6) is 0 Å². The molecule has 2 aromatic rings. The van der Waals surface area contributed by atoms with Gasteiger partial charge in [0.15, 0.2) is 0 Å². The molecular formula is C20H23N3O4. The van der Waals surface area contributed by atoms with Crippen molar-refractivity contribution in [2.45, 2.75) is 39.0 Å². The molecule has 1 fully saturated rings. The number of piperidine rings is 1. The third-order valence-corrected chi connectivity index (χ3v) is 5.56. The van der Waals surface area contributed by atoms with Crippen LogP contribution in [0.3, 0.4) is 0 Å². The van der Waals surface area contributed by atoms with Gasteiger partial charge in [-0.1, -0.05) is 29.8 Å². The Hall–Kier alpha value is -2.64. The number of fused-ring (bicyclic) bond motifs is 2. The number of hydrogen-bond acceptors (Lipinski definition) is 4. The van der Waals surface area contributed by atoms with E-state index >= 15 is 0 Å². The van der Waals surface area contributed by atoms with Crippen LogP contribution in [0.2, 0.25) is 0 Å². The molecule has 27 heavy (non-hydrogen) atoms. The summed E-state index contributed by atoms with van der Waals surface area (Å²) in [5, 5.41) is 28.8. The number of aliphatic hydroxyl groups excluding tert-OH is 2. The molecule has 4 rings (SSSR count). The third-order valence-electron chi connectivity index (χ3n) is 5.56. The van der Waals surface area contributed by atoms with E-state index in [9.17, 15) is 20.1 Å². The molecule has 2 aliphatic rings. The standard InChI is InChI=1S/C20H23N3O4/c24-11-16-17(12-25)23-10-7-13-3-1-2-4-15(13)18(19(23)21-16)14-5-8-22(9-6-14)20(26)27/h1-4,24-25H,5-12H2,(H,26,27). The maximum absolute atomic E-state index is 11.3. The number of benzene rings is 1. The van der Waals surface area contributed by atoms with E-state index in [0.717, 1.165) is 23.4 Å². The number of aliphatic hydroxyl groups is 2. The van der Waals surface area contributed by atoms with Crippen LogP contribution in [0.4, 0.5) is 4.79 Å². The van der Waals surface area contributed by atoms with Crippen molar-refractivity contribution >= 4 is 11.7 Å². The maximum atomic E-state index is 11.3. The summed E-state index contributed by atoms with van der Waals surface area (Å²) in [6.45, 7) is 1.24.